The fraction of sp³-hybridized carbons (Fsp3) is 0.417. The van der Waals surface area contributed by atoms with Crippen molar-refractivity contribution in [3.63, 3.8) is 0 Å². The predicted octanol–water partition coefficient (Wildman–Crippen LogP) is 0.490. The zero-order chi connectivity index (χ0) is 14.7. The van der Waals surface area contributed by atoms with Crippen LogP contribution in [0.15, 0.2) is 18.2 Å². The fourth-order valence-corrected chi connectivity index (χ4v) is 2.18. The monoisotopic (exact) mass is 282 g/mol. The molecule has 1 unspecified atom stereocenters. The molecule has 0 radical (unpaired) electrons. The van der Waals surface area contributed by atoms with Crippen LogP contribution >= 0.6 is 0 Å². The summed E-state index contributed by atoms with van der Waals surface area (Å²) in [6, 6.07) is 3.64. The molecule has 20 heavy (non-hydrogen) atoms. The molecule has 0 spiro atoms. The second kappa shape index (κ2) is 5.85. The van der Waals surface area contributed by atoms with Crippen LogP contribution in [0.3, 0.4) is 0 Å². The summed E-state index contributed by atoms with van der Waals surface area (Å²) in [7, 11) is 0. The zero-order valence-corrected chi connectivity index (χ0v) is 10.6. The van der Waals surface area contributed by atoms with Gasteiger partial charge in [0.15, 0.2) is 0 Å². The molecule has 0 aliphatic carbocycles. The highest BCUT2D eigenvalue weighted by atomic mass is 16.6. The third kappa shape index (κ3) is 2.70. The van der Waals surface area contributed by atoms with Crippen LogP contribution in [0.2, 0.25) is 0 Å². The summed E-state index contributed by atoms with van der Waals surface area (Å²) in [5.41, 5.74) is -0.310. The Morgan fingerprint density at radius 2 is 2.30 bits per heavy atom. The van der Waals surface area contributed by atoms with E-state index < -0.39 is 16.6 Å². The van der Waals surface area contributed by atoms with Crippen molar-refractivity contribution in [2.45, 2.75) is 6.04 Å². The highest BCUT2D eigenvalue weighted by Crippen LogP contribution is 2.27. The van der Waals surface area contributed by atoms with Gasteiger partial charge in [-0.3, -0.25) is 10.1 Å². The van der Waals surface area contributed by atoms with Crippen molar-refractivity contribution >= 4 is 17.3 Å². The zero-order valence-electron chi connectivity index (χ0n) is 10.6. The van der Waals surface area contributed by atoms with Gasteiger partial charge in [0.2, 0.25) is 0 Å². The molecule has 1 aliphatic rings. The standard InChI is InChI=1S/C12H14N2O6/c15-6-9-7-20-4-3-13(9)8-1-2-10(12(16)17)11(5-8)14(18)19/h1-2,5,9,15H,3-4,6-7H2,(H,16,17). The number of carboxylic acid groups (broad SMARTS) is 1. The number of morpholine rings is 1. The molecule has 0 bridgehead atoms. The average molecular weight is 282 g/mol. The van der Waals surface area contributed by atoms with E-state index in [1.54, 1.807) is 4.90 Å². The van der Waals surface area contributed by atoms with Crippen molar-refractivity contribution in [3.05, 3.63) is 33.9 Å². The molecule has 1 saturated heterocycles. The van der Waals surface area contributed by atoms with Crippen LogP contribution in [-0.2, 0) is 4.74 Å². The van der Waals surface area contributed by atoms with E-state index >= 15 is 0 Å². The largest absolute Gasteiger partial charge is 0.477 e. The van der Waals surface area contributed by atoms with Crippen molar-refractivity contribution in [2.75, 3.05) is 31.3 Å². The minimum atomic E-state index is -1.34. The minimum Gasteiger partial charge on any atom is -0.477 e. The number of aliphatic hydroxyl groups excluding tert-OH is 1. The van der Waals surface area contributed by atoms with E-state index in [0.717, 1.165) is 0 Å². The lowest BCUT2D eigenvalue weighted by molar-refractivity contribution is -0.385. The number of aromatic carboxylic acids is 1. The number of nitro benzene ring substituents is 1. The molecule has 108 valence electrons. The lowest BCUT2D eigenvalue weighted by Crippen LogP contribution is -2.47. The SMILES string of the molecule is O=C(O)c1ccc(N2CCOCC2CO)cc1[N+](=O)[O-]. The van der Waals surface area contributed by atoms with Crippen LogP contribution in [0.4, 0.5) is 11.4 Å². The maximum atomic E-state index is 11.0. The Bertz CT molecular complexity index is 533. The molecule has 0 amide bonds. The van der Waals surface area contributed by atoms with Gasteiger partial charge in [0, 0.05) is 18.3 Å². The molecule has 1 aromatic rings. The van der Waals surface area contributed by atoms with E-state index in [9.17, 15) is 20.0 Å². The Morgan fingerprint density at radius 1 is 1.55 bits per heavy atom. The Balaban J connectivity index is 2.39. The Kier molecular flexibility index (Phi) is 4.16. The molecule has 8 heteroatoms. The lowest BCUT2D eigenvalue weighted by atomic mass is 10.1. The summed E-state index contributed by atoms with van der Waals surface area (Å²) in [4.78, 5) is 23.0. The molecule has 2 rings (SSSR count). The number of carbonyl (C=O) groups is 1. The quantitative estimate of drug-likeness (QED) is 0.610. The van der Waals surface area contributed by atoms with Gasteiger partial charge >= 0.3 is 5.97 Å². The van der Waals surface area contributed by atoms with Gasteiger partial charge in [-0.15, -0.1) is 0 Å². The molecule has 0 saturated carbocycles. The van der Waals surface area contributed by atoms with Gasteiger partial charge in [-0.1, -0.05) is 0 Å². The van der Waals surface area contributed by atoms with Crippen LogP contribution in [-0.4, -0.2) is 53.5 Å². The second-order valence-electron chi connectivity index (χ2n) is 4.37. The van der Waals surface area contributed by atoms with Crippen LogP contribution in [0.1, 0.15) is 10.4 Å². The summed E-state index contributed by atoms with van der Waals surface area (Å²) in [6.45, 7) is 1.11. The third-order valence-corrected chi connectivity index (χ3v) is 3.18. The van der Waals surface area contributed by atoms with Crippen LogP contribution in [0.5, 0.6) is 0 Å². The molecule has 1 heterocycles. The van der Waals surface area contributed by atoms with E-state index in [2.05, 4.69) is 0 Å². The fourth-order valence-electron chi connectivity index (χ4n) is 2.18. The molecule has 1 aliphatic heterocycles. The molecule has 2 N–H and O–H groups in total. The molecular weight excluding hydrogens is 268 g/mol. The number of aliphatic hydroxyl groups is 1. The van der Waals surface area contributed by atoms with Crippen molar-refractivity contribution in [2.24, 2.45) is 0 Å². The van der Waals surface area contributed by atoms with E-state index in [-0.39, 0.29) is 18.2 Å². The second-order valence-corrected chi connectivity index (χ2v) is 4.37. The highest BCUT2D eigenvalue weighted by Gasteiger charge is 2.26. The first-order valence-corrected chi connectivity index (χ1v) is 6.01. The minimum absolute atomic E-state index is 0.144. The van der Waals surface area contributed by atoms with E-state index in [4.69, 9.17) is 9.84 Å². The number of carboxylic acids is 1. The number of benzene rings is 1. The van der Waals surface area contributed by atoms with Crippen LogP contribution < -0.4 is 4.90 Å². The van der Waals surface area contributed by atoms with Crippen molar-refractivity contribution < 1.29 is 24.7 Å². The molecule has 0 aromatic heterocycles. The summed E-state index contributed by atoms with van der Waals surface area (Å²) in [6.07, 6.45) is 0. The van der Waals surface area contributed by atoms with Crippen molar-refractivity contribution in [3.8, 4) is 0 Å². The Hall–Kier alpha value is -2.19. The molecular formula is C12H14N2O6. The molecule has 1 aromatic carbocycles. The molecule has 8 nitrogen and oxygen atoms in total. The Morgan fingerprint density at radius 3 is 2.90 bits per heavy atom. The van der Waals surface area contributed by atoms with Crippen LogP contribution in [0, 0.1) is 10.1 Å². The first-order valence-electron chi connectivity index (χ1n) is 6.01. The van der Waals surface area contributed by atoms with E-state index in [1.807, 2.05) is 0 Å². The highest BCUT2D eigenvalue weighted by molar-refractivity contribution is 5.93. The third-order valence-electron chi connectivity index (χ3n) is 3.18. The number of nitro groups is 1. The number of rotatable bonds is 4. The smallest absolute Gasteiger partial charge is 0.342 e. The summed E-state index contributed by atoms with van der Waals surface area (Å²) in [5, 5.41) is 29.2. The average Bonchev–Trinajstić information content (AvgIpc) is 2.46. The van der Waals surface area contributed by atoms with Gasteiger partial charge < -0.3 is 19.8 Å². The first-order chi connectivity index (χ1) is 9.54. The summed E-state index contributed by atoms with van der Waals surface area (Å²) >= 11 is 0. The molecule has 1 atom stereocenters. The lowest BCUT2D eigenvalue weighted by Gasteiger charge is -2.36. The van der Waals surface area contributed by atoms with Gasteiger partial charge in [0.1, 0.15) is 5.56 Å². The van der Waals surface area contributed by atoms with E-state index in [1.165, 1.54) is 18.2 Å². The first kappa shape index (κ1) is 14.2. The van der Waals surface area contributed by atoms with Gasteiger partial charge in [0.25, 0.3) is 5.69 Å². The number of hydrogen-bond acceptors (Lipinski definition) is 6. The summed E-state index contributed by atoms with van der Waals surface area (Å²) < 4.78 is 5.23. The predicted molar refractivity (Wildman–Crippen MR) is 69.1 cm³/mol. The maximum absolute atomic E-state index is 11.0. The normalized spacial score (nSPS) is 18.9. The van der Waals surface area contributed by atoms with Gasteiger partial charge in [-0.25, -0.2) is 4.79 Å². The van der Waals surface area contributed by atoms with Crippen molar-refractivity contribution in [1.29, 1.82) is 0 Å². The number of ether oxygens (including phenoxy) is 1. The summed E-state index contributed by atoms with van der Waals surface area (Å²) in [5.74, 6) is -1.34. The number of nitrogens with zero attached hydrogens (tertiary/aromatic N) is 2. The Labute approximate surface area is 114 Å². The molecule has 1 fully saturated rings. The number of hydrogen-bond donors (Lipinski definition) is 2. The van der Waals surface area contributed by atoms with Gasteiger partial charge in [-0.05, 0) is 12.1 Å². The van der Waals surface area contributed by atoms with Gasteiger partial charge in [0.05, 0.1) is 30.8 Å². The maximum Gasteiger partial charge on any atom is 0.342 e. The van der Waals surface area contributed by atoms with Crippen molar-refractivity contribution in [1.82, 2.24) is 0 Å². The van der Waals surface area contributed by atoms with Crippen LogP contribution in [0.25, 0.3) is 0 Å². The van der Waals surface area contributed by atoms with Gasteiger partial charge in [-0.2, -0.15) is 0 Å². The topological polar surface area (TPSA) is 113 Å². The number of anilines is 1. The van der Waals surface area contributed by atoms with E-state index in [0.29, 0.717) is 25.4 Å².